The summed E-state index contributed by atoms with van der Waals surface area (Å²) < 4.78 is 0. The Kier molecular flexibility index (Phi) is 6.92. The molecule has 1 unspecified atom stereocenters. The highest BCUT2D eigenvalue weighted by molar-refractivity contribution is 7.98. The van der Waals surface area contributed by atoms with Crippen molar-refractivity contribution in [2.75, 3.05) is 51.8 Å². The Morgan fingerprint density at radius 3 is 2.53 bits per heavy atom. The van der Waals surface area contributed by atoms with Crippen LogP contribution < -0.4 is 5.32 Å². The molecule has 0 aromatic rings. The van der Waals surface area contributed by atoms with Crippen molar-refractivity contribution >= 4 is 17.7 Å². The monoisotopic (exact) mass is 259 g/mol. The van der Waals surface area contributed by atoms with E-state index in [0.29, 0.717) is 12.6 Å². The van der Waals surface area contributed by atoms with E-state index < -0.39 is 0 Å². The van der Waals surface area contributed by atoms with E-state index in [9.17, 15) is 4.79 Å². The maximum absolute atomic E-state index is 12.0. The minimum atomic E-state index is 0.248. The highest BCUT2D eigenvalue weighted by atomic mass is 32.2. The van der Waals surface area contributed by atoms with Gasteiger partial charge in [-0.15, -0.1) is 0 Å². The van der Waals surface area contributed by atoms with Gasteiger partial charge in [-0.3, -0.25) is 4.79 Å². The molecule has 0 saturated carbocycles. The lowest BCUT2D eigenvalue weighted by molar-refractivity contribution is -0.131. The lowest BCUT2D eigenvalue weighted by Gasteiger charge is -2.32. The summed E-state index contributed by atoms with van der Waals surface area (Å²) in [7, 11) is 2.10. The van der Waals surface area contributed by atoms with Crippen LogP contribution in [-0.2, 0) is 4.79 Å². The van der Waals surface area contributed by atoms with Gasteiger partial charge in [0.1, 0.15) is 0 Å². The second kappa shape index (κ2) is 7.95. The lowest BCUT2D eigenvalue weighted by Crippen LogP contribution is -2.50. The minimum Gasteiger partial charge on any atom is -0.339 e. The Morgan fingerprint density at radius 1 is 1.35 bits per heavy atom. The number of nitrogens with zero attached hydrogens (tertiary/aromatic N) is 2. The van der Waals surface area contributed by atoms with Crippen molar-refractivity contribution in [2.45, 2.75) is 19.4 Å². The van der Waals surface area contributed by atoms with Crippen LogP contribution in [0.25, 0.3) is 0 Å². The van der Waals surface area contributed by atoms with E-state index in [4.69, 9.17) is 0 Å². The summed E-state index contributed by atoms with van der Waals surface area (Å²) >= 11 is 1.83. The summed E-state index contributed by atoms with van der Waals surface area (Å²) in [5.74, 6) is 1.32. The summed E-state index contributed by atoms with van der Waals surface area (Å²) in [6.07, 6.45) is 3.18. The molecule has 1 fully saturated rings. The number of piperazine rings is 1. The molecule has 0 radical (unpaired) electrons. The molecule has 1 heterocycles. The number of nitrogens with one attached hydrogen (secondary N) is 1. The normalized spacial score (nSPS) is 19.4. The van der Waals surface area contributed by atoms with Crippen LogP contribution in [0.1, 0.15) is 13.3 Å². The van der Waals surface area contributed by atoms with Crippen molar-refractivity contribution in [3.8, 4) is 0 Å². The molecule has 1 aliphatic rings. The number of hydrogen-bond acceptors (Lipinski definition) is 4. The van der Waals surface area contributed by atoms with E-state index in [1.807, 2.05) is 16.7 Å². The molecule has 5 heteroatoms. The molecule has 1 amide bonds. The van der Waals surface area contributed by atoms with Crippen LogP contribution in [0.2, 0.25) is 0 Å². The number of carbonyl (C=O) groups is 1. The molecule has 1 N–H and O–H groups in total. The Bertz CT molecular complexity index is 230. The fourth-order valence-corrected chi connectivity index (χ4v) is 2.68. The van der Waals surface area contributed by atoms with E-state index in [2.05, 4.69) is 30.4 Å². The zero-order valence-corrected chi connectivity index (χ0v) is 12.1. The standard InChI is InChI=1S/C12H25N3OS/c1-4-11(10-17-3)13-9-12(16)15-7-5-14(2)6-8-15/h11,13H,4-10H2,1-3H3. The maximum Gasteiger partial charge on any atom is 0.236 e. The number of thioether (sulfide) groups is 1. The average Bonchev–Trinajstić information content (AvgIpc) is 2.35. The van der Waals surface area contributed by atoms with Crippen LogP contribution >= 0.6 is 11.8 Å². The summed E-state index contributed by atoms with van der Waals surface area (Å²) in [5.41, 5.74) is 0. The van der Waals surface area contributed by atoms with Crippen molar-refractivity contribution in [1.82, 2.24) is 15.1 Å². The number of amides is 1. The molecular weight excluding hydrogens is 234 g/mol. The average molecular weight is 259 g/mol. The van der Waals surface area contributed by atoms with Gasteiger partial charge in [-0.25, -0.2) is 0 Å². The van der Waals surface area contributed by atoms with Crippen LogP contribution in [0.3, 0.4) is 0 Å². The number of likely N-dealkylation sites (N-methyl/N-ethyl adjacent to an activating group) is 1. The Labute approximate surface area is 109 Å². The van der Waals surface area contributed by atoms with Crippen molar-refractivity contribution in [3.05, 3.63) is 0 Å². The predicted octanol–water partition coefficient (Wildman–Crippen LogP) is 0.492. The maximum atomic E-state index is 12.0. The van der Waals surface area contributed by atoms with Crippen LogP contribution in [0, 0.1) is 0 Å². The van der Waals surface area contributed by atoms with E-state index in [-0.39, 0.29) is 5.91 Å². The number of rotatable bonds is 6. The molecule has 1 rings (SSSR count). The molecular formula is C12H25N3OS. The Balaban J connectivity index is 2.24. The van der Waals surface area contributed by atoms with Gasteiger partial charge >= 0.3 is 0 Å². The fraction of sp³-hybridized carbons (Fsp3) is 0.917. The van der Waals surface area contributed by atoms with Gasteiger partial charge in [0.2, 0.25) is 5.91 Å². The second-order valence-corrected chi connectivity index (χ2v) is 5.54. The Morgan fingerprint density at radius 2 is 2.00 bits per heavy atom. The van der Waals surface area contributed by atoms with Crippen molar-refractivity contribution in [3.63, 3.8) is 0 Å². The molecule has 0 spiro atoms. The topological polar surface area (TPSA) is 35.6 Å². The number of carbonyl (C=O) groups excluding carboxylic acids is 1. The molecule has 0 aromatic heterocycles. The third-order valence-electron chi connectivity index (χ3n) is 3.26. The van der Waals surface area contributed by atoms with Gasteiger partial charge in [-0.05, 0) is 19.7 Å². The molecule has 0 aliphatic carbocycles. The van der Waals surface area contributed by atoms with E-state index >= 15 is 0 Å². The molecule has 1 atom stereocenters. The summed E-state index contributed by atoms with van der Waals surface area (Å²) in [4.78, 5) is 16.2. The molecule has 100 valence electrons. The van der Waals surface area contributed by atoms with Crippen molar-refractivity contribution in [2.24, 2.45) is 0 Å². The summed E-state index contributed by atoms with van der Waals surface area (Å²) in [6.45, 7) is 6.38. The van der Waals surface area contributed by atoms with Crippen LogP contribution in [0.15, 0.2) is 0 Å². The van der Waals surface area contributed by atoms with Crippen LogP contribution in [0.4, 0.5) is 0 Å². The first-order valence-electron chi connectivity index (χ1n) is 6.36. The molecule has 1 aliphatic heterocycles. The first-order valence-corrected chi connectivity index (χ1v) is 7.75. The van der Waals surface area contributed by atoms with E-state index in [1.54, 1.807) is 0 Å². The van der Waals surface area contributed by atoms with Gasteiger partial charge in [0.25, 0.3) is 0 Å². The lowest BCUT2D eigenvalue weighted by atomic mass is 10.2. The van der Waals surface area contributed by atoms with Gasteiger partial charge < -0.3 is 15.1 Å². The fourth-order valence-electron chi connectivity index (χ4n) is 1.92. The Hall–Kier alpha value is -0.260. The predicted molar refractivity (Wildman–Crippen MR) is 74.5 cm³/mol. The highest BCUT2D eigenvalue weighted by Gasteiger charge is 2.19. The first kappa shape index (κ1) is 14.8. The van der Waals surface area contributed by atoms with Crippen LogP contribution in [-0.4, -0.2) is 73.5 Å². The summed E-state index contributed by atoms with van der Waals surface area (Å²) in [6, 6.07) is 0.460. The van der Waals surface area contributed by atoms with Gasteiger partial charge in [0.05, 0.1) is 6.54 Å². The zero-order valence-electron chi connectivity index (χ0n) is 11.2. The smallest absolute Gasteiger partial charge is 0.236 e. The largest absolute Gasteiger partial charge is 0.339 e. The van der Waals surface area contributed by atoms with Gasteiger partial charge in [-0.1, -0.05) is 6.92 Å². The van der Waals surface area contributed by atoms with Crippen LogP contribution in [0.5, 0.6) is 0 Å². The van der Waals surface area contributed by atoms with Crippen molar-refractivity contribution in [1.29, 1.82) is 0 Å². The molecule has 1 saturated heterocycles. The highest BCUT2D eigenvalue weighted by Crippen LogP contribution is 2.02. The quantitative estimate of drug-likeness (QED) is 0.753. The SMILES string of the molecule is CCC(CSC)NCC(=O)N1CCN(C)CC1. The van der Waals surface area contributed by atoms with Gasteiger partial charge in [0, 0.05) is 38.0 Å². The number of hydrogen-bond donors (Lipinski definition) is 1. The molecule has 17 heavy (non-hydrogen) atoms. The molecule has 0 aromatic carbocycles. The molecule has 0 bridgehead atoms. The summed E-state index contributed by atoms with van der Waals surface area (Å²) in [5, 5.41) is 3.35. The van der Waals surface area contributed by atoms with E-state index in [1.165, 1.54) is 0 Å². The minimum absolute atomic E-state index is 0.248. The first-order chi connectivity index (χ1) is 8.17. The molecule has 4 nitrogen and oxygen atoms in total. The van der Waals surface area contributed by atoms with Crippen molar-refractivity contribution < 1.29 is 4.79 Å². The third-order valence-corrected chi connectivity index (χ3v) is 3.99. The third kappa shape index (κ3) is 5.27. The second-order valence-electron chi connectivity index (χ2n) is 4.63. The zero-order chi connectivity index (χ0) is 12.7. The van der Waals surface area contributed by atoms with Gasteiger partial charge in [0.15, 0.2) is 0 Å². The van der Waals surface area contributed by atoms with Gasteiger partial charge in [-0.2, -0.15) is 11.8 Å². The van der Waals surface area contributed by atoms with E-state index in [0.717, 1.165) is 38.4 Å².